The minimum atomic E-state index is 0.247. The number of hydrogen-bond donors (Lipinski definition) is 0. The third kappa shape index (κ3) is 2.23. The second-order valence-corrected chi connectivity index (χ2v) is 5.26. The molecule has 92 valence electrons. The van der Waals surface area contributed by atoms with E-state index in [0.29, 0.717) is 11.1 Å². The molecule has 0 saturated heterocycles. The van der Waals surface area contributed by atoms with E-state index in [0.717, 1.165) is 30.5 Å². The topological polar surface area (TPSA) is 25.8 Å². The Labute approximate surface area is 116 Å². The van der Waals surface area contributed by atoms with Crippen LogP contribution in [-0.4, -0.2) is 9.97 Å². The summed E-state index contributed by atoms with van der Waals surface area (Å²) < 4.78 is 0. The first-order valence-corrected chi connectivity index (χ1v) is 6.75. The molecule has 1 heterocycles. The fourth-order valence-corrected chi connectivity index (χ4v) is 3.05. The number of hydrogen-bond acceptors (Lipinski definition) is 2. The number of aryl methyl sites for hydroxylation is 1. The Hall–Kier alpha value is -1.12. The molecule has 0 aliphatic heterocycles. The third-order valence-electron chi connectivity index (χ3n) is 3.47. The fraction of sp³-hybridized carbons (Fsp3) is 0.286. The van der Waals surface area contributed by atoms with E-state index in [-0.39, 0.29) is 5.28 Å². The van der Waals surface area contributed by atoms with Crippen molar-refractivity contribution in [3.8, 4) is 0 Å². The van der Waals surface area contributed by atoms with E-state index in [1.165, 1.54) is 5.56 Å². The zero-order valence-corrected chi connectivity index (χ0v) is 11.2. The molecule has 1 aliphatic carbocycles. The van der Waals surface area contributed by atoms with Gasteiger partial charge in [-0.05, 0) is 42.3 Å². The Kier molecular flexibility index (Phi) is 3.23. The number of halogens is 2. The molecule has 18 heavy (non-hydrogen) atoms. The Morgan fingerprint density at radius 2 is 1.83 bits per heavy atom. The van der Waals surface area contributed by atoms with Crippen molar-refractivity contribution < 1.29 is 0 Å². The van der Waals surface area contributed by atoms with Crippen molar-refractivity contribution >= 4 is 23.2 Å². The van der Waals surface area contributed by atoms with Gasteiger partial charge in [0.15, 0.2) is 0 Å². The van der Waals surface area contributed by atoms with E-state index in [9.17, 15) is 0 Å². The van der Waals surface area contributed by atoms with Crippen LogP contribution in [0.1, 0.15) is 29.2 Å². The fourth-order valence-electron chi connectivity index (χ4n) is 2.55. The van der Waals surface area contributed by atoms with E-state index >= 15 is 0 Å². The van der Waals surface area contributed by atoms with Gasteiger partial charge in [0, 0.05) is 5.56 Å². The molecule has 1 aliphatic rings. The van der Waals surface area contributed by atoms with Crippen LogP contribution in [0.15, 0.2) is 30.3 Å². The van der Waals surface area contributed by atoms with E-state index in [1.807, 2.05) is 6.07 Å². The third-order valence-corrected chi connectivity index (χ3v) is 3.95. The summed E-state index contributed by atoms with van der Waals surface area (Å²) in [5.74, 6) is 0.501. The minimum absolute atomic E-state index is 0.247. The predicted octanol–water partition coefficient (Wildman–Crippen LogP) is 4.06. The number of rotatable bonds is 1. The molecule has 0 spiro atoms. The smallest absolute Gasteiger partial charge is 0.223 e. The van der Waals surface area contributed by atoms with Gasteiger partial charge in [0.1, 0.15) is 5.15 Å². The molecule has 0 fully saturated rings. The molecule has 0 N–H and O–H groups in total. The number of nitrogens with zero attached hydrogens (tertiary/aromatic N) is 2. The lowest BCUT2D eigenvalue weighted by Gasteiger charge is -2.24. The summed E-state index contributed by atoms with van der Waals surface area (Å²) in [6, 6.07) is 10.5. The van der Waals surface area contributed by atoms with Crippen LogP contribution >= 0.6 is 23.2 Å². The standard InChI is InChI=1S/C14H12Cl2N2/c15-13-11-8-10(9-4-2-1-3-5-9)6-7-12(11)17-14(16)18-13/h1-5,10H,6-8H2/t10-/m1/s1. The molecule has 2 aromatic rings. The van der Waals surface area contributed by atoms with Crippen molar-refractivity contribution in [1.82, 2.24) is 9.97 Å². The Morgan fingerprint density at radius 1 is 1.06 bits per heavy atom. The second kappa shape index (κ2) is 4.87. The van der Waals surface area contributed by atoms with Crippen LogP contribution in [0.5, 0.6) is 0 Å². The first-order chi connectivity index (χ1) is 8.74. The van der Waals surface area contributed by atoms with Gasteiger partial charge >= 0.3 is 0 Å². The zero-order valence-electron chi connectivity index (χ0n) is 9.74. The van der Waals surface area contributed by atoms with Crippen LogP contribution in [0.2, 0.25) is 10.4 Å². The summed E-state index contributed by atoms with van der Waals surface area (Å²) >= 11 is 12.0. The van der Waals surface area contributed by atoms with Gasteiger partial charge in [0.25, 0.3) is 0 Å². The Balaban J connectivity index is 1.94. The first kappa shape index (κ1) is 11.9. The predicted molar refractivity (Wildman–Crippen MR) is 73.3 cm³/mol. The van der Waals surface area contributed by atoms with Crippen LogP contribution < -0.4 is 0 Å². The number of benzene rings is 1. The number of fused-ring (bicyclic) bond motifs is 1. The van der Waals surface area contributed by atoms with Gasteiger partial charge in [-0.25, -0.2) is 9.97 Å². The summed E-state index contributed by atoms with van der Waals surface area (Å²) in [7, 11) is 0. The van der Waals surface area contributed by atoms with E-state index in [1.54, 1.807) is 0 Å². The molecular weight excluding hydrogens is 267 g/mol. The van der Waals surface area contributed by atoms with E-state index in [2.05, 4.69) is 34.2 Å². The molecule has 0 radical (unpaired) electrons. The Bertz CT molecular complexity index is 570. The van der Waals surface area contributed by atoms with Gasteiger partial charge < -0.3 is 0 Å². The van der Waals surface area contributed by atoms with Crippen molar-refractivity contribution in [2.45, 2.75) is 25.2 Å². The van der Waals surface area contributed by atoms with Gasteiger partial charge in [-0.2, -0.15) is 0 Å². The lowest BCUT2D eigenvalue weighted by Crippen LogP contribution is -2.15. The van der Waals surface area contributed by atoms with Crippen LogP contribution in [0.4, 0.5) is 0 Å². The highest BCUT2D eigenvalue weighted by atomic mass is 35.5. The average molecular weight is 279 g/mol. The molecule has 2 nitrogen and oxygen atoms in total. The van der Waals surface area contributed by atoms with Crippen molar-refractivity contribution in [2.24, 2.45) is 0 Å². The normalized spacial score (nSPS) is 18.4. The monoisotopic (exact) mass is 278 g/mol. The molecule has 3 rings (SSSR count). The van der Waals surface area contributed by atoms with Crippen LogP contribution in [0.3, 0.4) is 0 Å². The molecule has 1 aromatic heterocycles. The molecular formula is C14H12Cl2N2. The van der Waals surface area contributed by atoms with Gasteiger partial charge in [-0.15, -0.1) is 0 Å². The summed E-state index contributed by atoms with van der Waals surface area (Å²) in [5.41, 5.74) is 3.42. The Morgan fingerprint density at radius 3 is 2.61 bits per heavy atom. The van der Waals surface area contributed by atoms with E-state index < -0.39 is 0 Å². The molecule has 4 heteroatoms. The zero-order chi connectivity index (χ0) is 12.5. The summed E-state index contributed by atoms with van der Waals surface area (Å²) in [6.45, 7) is 0. The van der Waals surface area contributed by atoms with Crippen molar-refractivity contribution in [2.75, 3.05) is 0 Å². The summed E-state index contributed by atoms with van der Waals surface area (Å²) in [5, 5.41) is 0.752. The maximum absolute atomic E-state index is 6.16. The molecule has 1 aromatic carbocycles. The minimum Gasteiger partial charge on any atom is -0.223 e. The van der Waals surface area contributed by atoms with Crippen LogP contribution in [0, 0.1) is 0 Å². The first-order valence-electron chi connectivity index (χ1n) is 6.00. The SMILES string of the molecule is Clc1nc(Cl)c2c(n1)CC[C@@H](c1ccccc1)C2. The van der Waals surface area contributed by atoms with Crippen molar-refractivity contribution in [3.63, 3.8) is 0 Å². The average Bonchev–Trinajstić information content (AvgIpc) is 2.39. The maximum Gasteiger partial charge on any atom is 0.224 e. The second-order valence-electron chi connectivity index (χ2n) is 4.56. The largest absolute Gasteiger partial charge is 0.224 e. The summed E-state index contributed by atoms with van der Waals surface area (Å²) in [4.78, 5) is 8.31. The lowest BCUT2D eigenvalue weighted by atomic mass is 9.83. The van der Waals surface area contributed by atoms with Gasteiger partial charge in [0.2, 0.25) is 5.28 Å². The highest BCUT2D eigenvalue weighted by molar-refractivity contribution is 6.32. The van der Waals surface area contributed by atoms with Crippen molar-refractivity contribution in [1.29, 1.82) is 0 Å². The summed E-state index contributed by atoms with van der Waals surface area (Å²) in [6.07, 6.45) is 2.90. The van der Waals surface area contributed by atoms with Crippen LogP contribution in [-0.2, 0) is 12.8 Å². The van der Waals surface area contributed by atoms with Gasteiger partial charge in [-0.3, -0.25) is 0 Å². The van der Waals surface area contributed by atoms with Crippen LogP contribution in [0.25, 0.3) is 0 Å². The number of aromatic nitrogens is 2. The molecule has 0 unspecified atom stereocenters. The lowest BCUT2D eigenvalue weighted by molar-refractivity contribution is 0.571. The quantitative estimate of drug-likeness (QED) is 0.581. The highest BCUT2D eigenvalue weighted by Crippen LogP contribution is 2.34. The van der Waals surface area contributed by atoms with Gasteiger partial charge in [-0.1, -0.05) is 41.9 Å². The molecule has 0 bridgehead atoms. The molecule has 0 saturated carbocycles. The molecule has 0 amide bonds. The van der Waals surface area contributed by atoms with Gasteiger partial charge in [0.05, 0.1) is 5.69 Å². The van der Waals surface area contributed by atoms with Crippen molar-refractivity contribution in [3.05, 3.63) is 57.6 Å². The highest BCUT2D eigenvalue weighted by Gasteiger charge is 2.24. The molecule has 1 atom stereocenters. The van der Waals surface area contributed by atoms with E-state index in [4.69, 9.17) is 23.2 Å². The maximum atomic E-state index is 6.16.